The van der Waals surface area contributed by atoms with E-state index in [9.17, 15) is 9.59 Å². The Hall–Kier alpha value is -5.88. The van der Waals surface area contributed by atoms with Crippen molar-refractivity contribution < 1.29 is 23.8 Å². The van der Waals surface area contributed by atoms with Gasteiger partial charge in [0.05, 0.1) is 7.11 Å². The molecule has 0 saturated carbocycles. The van der Waals surface area contributed by atoms with Gasteiger partial charge in [0.1, 0.15) is 11.5 Å². The number of ether oxygens (including phenoxy) is 3. The summed E-state index contributed by atoms with van der Waals surface area (Å²) >= 11 is 0. The first-order valence-corrected chi connectivity index (χ1v) is 14.9. The number of hydrogen-bond acceptors (Lipinski definition) is 6. The Bertz CT molecular complexity index is 1820. The van der Waals surface area contributed by atoms with E-state index in [2.05, 4.69) is 96.8 Å². The lowest BCUT2D eigenvalue weighted by Crippen LogP contribution is -2.15. The van der Waals surface area contributed by atoms with Crippen LogP contribution < -0.4 is 14.4 Å². The van der Waals surface area contributed by atoms with Crippen LogP contribution in [-0.2, 0) is 9.53 Å². The molecule has 0 heterocycles. The highest BCUT2D eigenvalue weighted by Gasteiger charge is 2.12. The molecule has 0 bridgehead atoms. The molecule has 5 aromatic rings. The fourth-order valence-corrected chi connectivity index (χ4v) is 4.68. The summed E-state index contributed by atoms with van der Waals surface area (Å²) in [6, 6.07) is 40.4. The first kappa shape index (κ1) is 31.5. The summed E-state index contributed by atoms with van der Waals surface area (Å²) in [4.78, 5) is 25.1. The Kier molecular flexibility index (Phi) is 10.4. The van der Waals surface area contributed by atoms with Gasteiger partial charge in [-0.2, -0.15) is 0 Å². The number of hydrogen-bond donors (Lipinski definition) is 0. The molecule has 230 valence electrons. The van der Waals surface area contributed by atoms with Crippen molar-refractivity contribution in [2.75, 3.05) is 18.6 Å². The van der Waals surface area contributed by atoms with Gasteiger partial charge in [-0.1, -0.05) is 90.5 Å². The minimum absolute atomic E-state index is 0.256. The van der Waals surface area contributed by atoms with Crippen molar-refractivity contribution in [3.8, 4) is 11.5 Å². The Morgan fingerprint density at radius 3 is 1.59 bits per heavy atom. The van der Waals surface area contributed by atoms with Gasteiger partial charge in [-0.05, 0) is 96.8 Å². The molecule has 5 rings (SSSR count). The van der Waals surface area contributed by atoms with E-state index in [1.165, 1.54) is 12.5 Å². The highest BCUT2D eigenvalue weighted by Crippen LogP contribution is 2.35. The Labute approximate surface area is 269 Å². The topological polar surface area (TPSA) is 65.1 Å². The molecule has 0 amide bonds. The Morgan fingerprint density at radius 2 is 1.09 bits per heavy atom. The number of rotatable bonds is 11. The van der Waals surface area contributed by atoms with Crippen LogP contribution >= 0.6 is 0 Å². The van der Waals surface area contributed by atoms with Crippen LogP contribution in [0, 0.1) is 6.92 Å². The molecule has 0 radical (unpaired) electrons. The molecule has 0 unspecified atom stereocenters. The maximum atomic E-state index is 11.8. The van der Waals surface area contributed by atoms with Crippen molar-refractivity contribution in [2.45, 2.75) is 13.8 Å². The highest BCUT2D eigenvalue weighted by atomic mass is 16.7. The number of nitrogens with zero attached hydrogens (tertiary/aromatic N) is 1. The van der Waals surface area contributed by atoms with Gasteiger partial charge < -0.3 is 19.1 Å². The first-order valence-electron chi connectivity index (χ1n) is 14.9. The normalized spacial score (nSPS) is 11.0. The number of carbonyl (C=O) groups excluding carboxylic acids is 2. The van der Waals surface area contributed by atoms with E-state index in [1.54, 1.807) is 25.3 Å². The van der Waals surface area contributed by atoms with Crippen LogP contribution in [0.15, 0.2) is 121 Å². The van der Waals surface area contributed by atoms with Crippen LogP contribution in [0.1, 0.15) is 34.7 Å². The number of anilines is 3. The molecule has 0 aliphatic carbocycles. The van der Waals surface area contributed by atoms with Gasteiger partial charge in [-0.15, -0.1) is 0 Å². The average Bonchev–Trinajstić information content (AvgIpc) is 3.08. The van der Waals surface area contributed by atoms with E-state index in [0.717, 1.165) is 45.1 Å². The molecule has 0 saturated heterocycles. The second kappa shape index (κ2) is 15.2. The lowest BCUT2D eigenvalue weighted by atomic mass is 10.1. The molecule has 46 heavy (non-hydrogen) atoms. The third-order valence-electron chi connectivity index (χ3n) is 7.10. The van der Waals surface area contributed by atoms with Gasteiger partial charge in [-0.3, -0.25) is 4.79 Å². The van der Waals surface area contributed by atoms with Crippen LogP contribution in [0.5, 0.6) is 11.5 Å². The molecule has 6 nitrogen and oxygen atoms in total. The lowest BCUT2D eigenvalue weighted by molar-refractivity contribution is -0.120. The average molecular weight is 610 g/mol. The van der Waals surface area contributed by atoms with Gasteiger partial charge in [0.15, 0.2) is 12.4 Å². The predicted octanol–water partition coefficient (Wildman–Crippen LogP) is 9.92. The summed E-state index contributed by atoms with van der Waals surface area (Å²) in [6.45, 7) is 3.11. The molecule has 0 fully saturated rings. The zero-order valence-electron chi connectivity index (χ0n) is 26.1. The van der Waals surface area contributed by atoms with Gasteiger partial charge in [0.2, 0.25) is 0 Å². The second-order valence-corrected chi connectivity index (χ2v) is 10.7. The van der Waals surface area contributed by atoms with E-state index in [1.807, 2.05) is 42.5 Å². The van der Waals surface area contributed by atoms with E-state index >= 15 is 0 Å². The molecule has 0 spiro atoms. The lowest BCUT2D eigenvalue weighted by Gasteiger charge is -2.26. The fraction of sp³-hybridized carbons (Fsp3) is 0.100. The number of carbonyl (C=O) groups is 2. The van der Waals surface area contributed by atoms with Crippen molar-refractivity contribution in [3.05, 3.63) is 149 Å². The van der Waals surface area contributed by atoms with Crippen molar-refractivity contribution in [1.29, 1.82) is 0 Å². The van der Waals surface area contributed by atoms with Crippen molar-refractivity contribution >= 4 is 53.3 Å². The van der Waals surface area contributed by atoms with E-state index in [0.29, 0.717) is 5.75 Å². The molecule has 5 aromatic carbocycles. The predicted molar refractivity (Wildman–Crippen MR) is 186 cm³/mol. The van der Waals surface area contributed by atoms with Crippen LogP contribution in [0.4, 0.5) is 21.9 Å². The number of methoxy groups -OCH3 is 1. The molecule has 0 atom stereocenters. The summed E-state index contributed by atoms with van der Waals surface area (Å²) in [6.07, 6.45) is 7.22. The number of aryl methyl sites for hydroxylation is 1. The summed E-state index contributed by atoms with van der Waals surface area (Å²) in [5, 5.41) is 0. The van der Waals surface area contributed by atoms with Crippen LogP contribution in [-0.4, -0.2) is 25.7 Å². The van der Waals surface area contributed by atoms with Crippen molar-refractivity contribution in [2.24, 2.45) is 0 Å². The fourth-order valence-electron chi connectivity index (χ4n) is 4.68. The minimum Gasteiger partial charge on any atom is -0.497 e. The maximum Gasteiger partial charge on any atom is 0.514 e. The van der Waals surface area contributed by atoms with Crippen molar-refractivity contribution in [3.63, 3.8) is 0 Å². The molecular formula is C40H35NO5. The highest BCUT2D eigenvalue weighted by molar-refractivity contribution is 5.80. The van der Waals surface area contributed by atoms with Gasteiger partial charge in [0.25, 0.3) is 0 Å². The molecule has 0 aromatic heterocycles. The minimum atomic E-state index is -0.912. The zero-order chi connectivity index (χ0) is 32.3. The van der Waals surface area contributed by atoms with Crippen LogP contribution in [0.2, 0.25) is 0 Å². The van der Waals surface area contributed by atoms with Gasteiger partial charge in [0, 0.05) is 17.1 Å². The smallest absolute Gasteiger partial charge is 0.497 e. The molecule has 0 N–H and O–H groups in total. The zero-order valence-corrected chi connectivity index (χ0v) is 26.1. The molecule has 0 aliphatic heterocycles. The largest absolute Gasteiger partial charge is 0.514 e. The Balaban J connectivity index is 1.32. The molecule has 0 aliphatic rings. The monoisotopic (exact) mass is 609 g/mol. The Morgan fingerprint density at radius 1 is 0.609 bits per heavy atom. The number of Topliss-reactive ketones (excluding diaryl/α,β-unsaturated/α-hetero) is 1. The second-order valence-electron chi connectivity index (χ2n) is 10.7. The first-order chi connectivity index (χ1) is 22.4. The van der Waals surface area contributed by atoms with Crippen LogP contribution in [0.25, 0.3) is 24.3 Å². The standard InChI is InChI=1S/C40H35NO5/c1-29-7-19-35(20-8-29)41(36-21-13-31(14-22-36)9-10-33-17-25-38(44-3)26-18-33)37-23-15-32(16-24-37)11-12-34-5-4-6-39(27-34)46-40(43)45-28-30(2)42/h4-27H,28H2,1-3H3/b10-9+,12-11+. The third kappa shape index (κ3) is 8.83. The third-order valence-corrected chi connectivity index (χ3v) is 7.10. The maximum absolute atomic E-state index is 11.8. The van der Waals surface area contributed by atoms with Gasteiger partial charge >= 0.3 is 6.16 Å². The molecule has 6 heteroatoms. The van der Waals surface area contributed by atoms with E-state index in [4.69, 9.17) is 14.2 Å². The molecular weight excluding hydrogens is 574 g/mol. The summed E-state index contributed by atoms with van der Waals surface area (Å²) < 4.78 is 15.2. The number of benzene rings is 5. The van der Waals surface area contributed by atoms with Gasteiger partial charge in [-0.25, -0.2) is 4.79 Å². The van der Waals surface area contributed by atoms with E-state index in [-0.39, 0.29) is 12.4 Å². The summed E-state index contributed by atoms with van der Waals surface area (Å²) in [5.41, 5.74) is 8.41. The number of ketones is 1. The summed E-state index contributed by atoms with van der Waals surface area (Å²) in [5.74, 6) is 0.918. The van der Waals surface area contributed by atoms with E-state index < -0.39 is 6.16 Å². The summed E-state index contributed by atoms with van der Waals surface area (Å²) in [7, 11) is 1.67. The quantitative estimate of drug-likeness (QED) is 0.0844. The van der Waals surface area contributed by atoms with Crippen molar-refractivity contribution in [1.82, 2.24) is 0 Å². The SMILES string of the molecule is COc1ccc(/C=C/c2ccc(N(c3ccc(C)cc3)c3ccc(/C=C/c4cccc(OC(=O)OCC(C)=O)c4)cc3)cc2)cc1. The van der Waals surface area contributed by atoms with Crippen LogP contribution in [0.3, 0.4) is 0 Å².